The lowest BCUT2D eigenvalue weighted by molar-refractivity contribution is 0.501. The van der Waals surface area contributed by atoms with Gasteiger partial charge in [0, 0.05) is 21.9 Å². The van der Waals surface area contributed by atoms with Gasteiger partial charge in [-0.25, -0.2) is 4.98 Å². The van der Waals surface area contributed by atoms with Gasteiger partial charge in [-0.2, -0.15) is 11.8 Å². The molecule has 1 aromatic rings. The van der Waals surface area contributed by atoms with Gasteiger partial charge in [0.15, 0.2) is 0 Å². The number of aromatic nitrogens is 1. The predicted octanol–water partition coefficient (Wildman–Crippen LogP) is 3.77. The van der Waals surface area contributed by atoms with Crippen molar-refractivity contribution in [1.29, 1.82) is 0 Å². The van der Waals surface area contributed by atoms with Crippen LogP contribution in [0.15, 0.2) is 0 Å². The van der Waals surface area contributed by atoms with Crippen LogP contribution in [0.2, 0.25) is 0 Å². The zero-order valence-electron chi connectivity index (χ0n) is 11.0. The third-order valence-corrected chi connectivity index (χ3v) is 6.15. The lowest BCUT2D eigenvalue weighted by Crippen LogP contribution is -2.19. The van der Waals surface area contributed by atoms with Crippen LogP contribution in [0.25, 0.3) is 0 Å². The van der Waals surface area contributed by atoms with E-state index in [-0.39, 0.29) is 0 Å². The van der Waals surface area contributed by atoms with Gasteiger partial charge in [-0.05, 0) is 32.7 Å². The molecule has 2 unspecified atom stereocenters. The van der Waals surface area contributed by atoms with E-state index < -0.39 is 0 Å². The summed E-state index contributed by atoms with van der Waals surface area (Å²) < 4.78 is 0. The standard InChI is InChI=1S/C13H22N2S2/c1-4-9(2)16-8-12-15-11-7-5-6-10(14-3)13(11)17-12/h9-10,14H,4-8H2,1-3H3. The first kappa shape index (κ1) is 13.4. The van der Waals surface area contributed by atoms with E-state index in [0.717, 1.165) is 11.0 Å². The molecule has 2 atom stereocenters. The van der Waals surface area contributed by atoms with Crippen LogP contribution in [0.3, 0.4) is 0 Å². The van der Waals surface area contributed by atoms with Crippen molar-refractivity contribution in [3.8, 4) is 0 Å². The van der Waals surface area contributed by atoms with Crippen molar-refractivity contribution in [2.45, 2.75) is 56.6 Å². The average Bonchev–Trinajstić information content (AvgIpc) is 2.78. The molecule has 0 saturated heterocycles. The summed E-state index contributed by atoms with van der Waals surface area (Å²) >= 11 is 3.96. The topological polar surface area (TPSA) is 24.9 Å². The zero-order chi connectivity index (χ0) is 12.3. The number of fused-ring (bicyclic) bond motifs is 1. The van der Waals surface area contributed by atoms with E-state index >= 15 is 0 Å². The van der Waals surface area contributed by atoms with Gasteiger partial charge in [-0.15, -0.1) is 11.3 Å². The fraction of sp³-hybridized carbons (Fsp3) is 0.769. The molecule has 1 N–H and O–H groups in total. The van der Waals surface area contributed by atoms with Crippen molar-refractivity contribution in [3.63, 3.8) is 0 Å². The Kier molecular flexibility index (Phi) is 4.88. The van der Waals surface area contributed by atoms with E-state index in [4.69, 9.17) is 4.98 Å². The molecule has 0 spiro atoms. The van der Waals surface area contributed by atoms with Gasteiger partial charge in [0.25, 0.3) is 0 Å². The largest absolute Gasteiger partial charge is 0.312 e. The monoisotopic (exact) mass is 270 g/mol. The molecule has 0 aromatic carbocycles. The quantitative estimate of drug-likeness (QED) is 0.881. The molecule has 1 aliphatic rings. The van der Waals surface area contributed by atoms with Crippen LogP contribution >= 0.6 is 23.1 Å². The maximum absolute atomic E-state index is 4.81. The molecular weight excluding hydrogens is 248 g/mol. The first-order valence-electron chi connectivity index (χ1n) is 6.52. The highest BCUT2D eigenvalue weighted by molar-refractivity contribution is 7.99. The number of rotatable bonds is 5. The van der Waals surface area contributed by atoms with Crippen LogP contribution in [0, 0.1) is 0 Å². The van der Waals surface area contributed by atoms with Gasteiger partial charge in [0.2, 0.25) is 0 Å². The van der Waals surface area contributed by atoms with Crippen molar-refractivity contribution >= 4 is 23.1 Å². The molecule has 0 saturated carbocycles. The summed E-state index contributed by atoms with van der Waals surface area (Å²) in [5.41, 5.74) is 1.36. The molecule has 1 heterocycles. The Morgan fingerprint density at radius 1 is 1.59 bits per heavy atom. The van der Waals surface area contributed by atoms with E-state index in [2.05, 4.69) is 26.2 Å². The summed E-state index contributed by atoms with van der Waals surface area (Å²) in [6.45, 7) is 4.55. The predicted molar refractivity (Wildman–Crippen MR) is 77.9 cm³/mol. The van der Waals surface area contributed by atoms with Gasteiger partial charge < -0.3 is 5.32 Å². The number of nitrogens with zero attached hydrogens (tertiary/aromatic N) is 1. The number of nitrogens with one attached hydrogen (secondary N) is 1. The first-order chi connectivity index (χ1) is 8.24. The third-order valence-electron chi connectivity index (χ3n) is 3.41. The van der Waals surface area contributed by atoms with Crippen LogP contribution in [0.5, 0.6) is 0 Å². The second kappa shape index (κ2) is 6.21. The lowest BCUT2D eigenvalue weighted by Gasteiger charge is -2.20. The number of hydrogen-bond acceptors (Lipinski definition) is 4. The maximum atomic E-state index is 4.81. The summed E-state index contributed by atoms with van der Waals surface area (Å²) in [5, 5.41) is 5.48. The Morgan fingerprint density at radius 3 is 3.12 bits per heavy atom. The van der Waals surface area contributed by atoms with E-state index in [0.29, 0.717) is 6.04 Å². The fourth-order valence-corrected chi connectivity index (χ4v) is 4.36. The molecule has 2 rings (SSSR count). The average molecular weight is 270 g/mol. The molecule has 17 heavy (non-hydrogen) atoms. The van der Waals surface area contributed by atoms with Gasteiger partial charge in [-0.3, -0.25) is 0 Å². The van der Waals surface area contributed by atoms with Crippen LogP contribution < -0.4 is 5.32 Å². The van der Waals surface area contributed by atoms with Crippen molar-refractivity contribution in [1.82, 2.24) is 10.3 Å². The highest BCUT2D eigenvalue weighted by atomic mass is 32.2. The van der Waals surface area contributed by atoms with E-state index in [1.165, 1.54) is 41.3 Å². The first-order valence-corrected chi connectivity index (χ1v) is 8.38. The van der Waals surface area contributed by atoms with Gasteiger partial charge in [0.05, 0.1) is 5.69 Å². The highest BCUT2D eigenvalue weighted by Crippen LogP contribution is 2.35. The molecule has 0 fully saturated rings. The van der Waals surface area contributed by atoms with E-state index in [1.807, 2.05) is 23.1 Å². The van der Waals surface area contributed by atoms with Crippen LogP contribution in [-0.4, -0.2) is 17.3 Å². The number of thiazole rings is 1. The molecule has 0 amide bonds. The minimum Gasteiger partial charge on any atom is -0.312 e. The minimum atomic E-state index is 0.554. The molecule has 1 aromatic heterocycles. The third kappa shape index (κ3) is 3.24. The minimum absolute atomic E-state index is 0.554. The molecule has 96 valence electrons. The zero-order valence-corrected chi connectivity index (χ0v) is 12.6. The van der Waals surface area contributed by atoms with E-state index in [1.54, 1.807) is 0 Å². The number of hydrogen-bond donors (Lipinski definition) is 1. The molecular formula is C13H22N2S2. The molecule has 4 heteroatoms. The molecule has 1 aliphatic carbocycles. The van der Waals surface area contributed by atoms with Crippen LogP contribution in [-0.2, 0) is 12.2 Å². The Labute approximate surface area is 113 Å². The maximum Gasteiger partial charge on any atom is 0.103 e. The Hall–Kier alpha value is -0.0600. The summed E-state index contributed by atoms with van der Waals surface area (Å²) in [6.07, 6.45) is 4.97. The Balaban J connectivity index is 2.03. The molecule has 0 radical (unpaired) electrons. The molecule has 2 nitrogen and oxygen atoms in total. The molecule has 0 aliphatic heterocycles. The van der Waals surface area contributed by atoms with E-state index in [9.17, 15) is 0 Å². The van der Waals surface area contributed by atoms with Crippen LogP contribution in [0.4, 0.5) is 0 Å². The van der Waals surface area contributed by atoms with Gasteiger partial charge in [0.1, 0.15) is 5.01 Å². The summed E-state index contributed by atoms with van der Waals surface area (Å²) in [6, 6.07) is 0.554. The Morgan fingerprint density at radius 2 is 2.41 bits per heavy atom. The number of aryl methyl sites for hydroxylation is 1. The molecule has 0 bridgehead atoms. The SMILES string of the molecule is CCC(C)SCc1nc2c(s1)C(NC)CCC2. The Bertz CT molecular complexity index is 362. The summed E-state index contributed by atoms with van der Waals surface area (Å²) in [4.78, 5) is 6.31. The highest BCUT2D eigenvalue weighted by Gasteiger charge is 2.23. The second-order valence-corrected chi connectivity index (χ2v) is 7.22. The van der Waals surface area contributed by atoms with Crippen LogP contribution in [0.1, 0.15) is 54.7 Å². The van der Waals surface area contributed by atoms with Gasteiger partial charge in [-0.1, -0.05) is 13.8 Å². The fourth-order valence-electron chi connectivity index (χ4n) is 2.14. The van der Waals surface area contributed by atoms with Crippen molar-refractivity contribution in [3.05, 3.63) is 15.6 Å². The second-order valence-electron chi connectivity index (χ2n) is 4.68. The van der Waals surface area contributed by atoms with Crippen molar-refractivity contribution < 1.29 is 0 Å². The van der Waals surface area contributed by atoms with Crippen molar-refractivity contribution in [2.75, 3.05) is 7.05 Å². The lowest BCUT2D eigenvalue weighted by atomic mass is 9.98. The summed E-state index contributed by atoms with van der Waals surface area (Å²) in [7, 11) is 2.06. The smallest absolute Gasteiger partial charge is 0.103 e. The van der Waals surface area contributed by atoms with Gasteiger partial charge >= 0.3 is 0 Å². The van der Waals surface area contributed by atoms with Crippen molar-refractivity contribution in [2.24, 2.45) is 0 Å². The summed E-state index contributed by atoms with van der Waals surface area (Å²) in [5.74, 6) is 1.09. The number of thioether (sulfide) groups is 1. The normalized spacial score (nSPS) is 21.2.